The van der Waals surface area contributed by atoms with E-state index in [1.165, 1.54) is 0 Å². The Hall–Kier alpha value is -2.24. The summed E-state index contributed by atoms with van der Waals surface area (Å²) < 4.78 is 5.24. The van der Waals surface area contributed by atoms with Crippen LogP contribution in [0.15, 0.2) is 45.9 Å². The van der Waals surface area contributed by atoms with E-state index in [2.05, 4.69) is 10.1 Å². The van der Waals surface area contributed by atoms with Crippen molar-refractivity contribution in [2.24, 2.45) is 16.5 Å². The molecule has 3 rings (SSSR count). The van der Waals surface area contributed by atoms with Gasteiger partial charge in [-0.05, 0) is 25.8 Å². The minimum Gasteiger partial charge on any atom is -0.361 e. The van der Waals surface area contributed by atoms with Crippen molar-refractivity contribution in [1.29, 1.82) is 0 Å². The van der Waals surface area contributed by atoms with Crippen LogP contribution in [0.5, 0.6) is 0 Å². The van der Waals surface area contributed by atoms with Crippen LogP contribution in [0.1, 0.15) is 22.6 Å². The lowest BCUT2D eigenvalue weighted by atomic mass is 9.84. The highest BCUT2D eigenvalue weighted by Crippen LogP contribution is 2.29. The van der Waals surface area contributed by atoms with Gasteiger partial charge in [-0.3, -0.25) is 4.99 Å². The molecule has 5 heteroatoms. The van der Waals surface area contributed by atoms with Crippen LogP contribution in [0.2, 0.25) is 0 Å². The zero-order valence-corrected chi connectivity index (χ0v) is 12.8. The molecule has 1 aliphatic heterocycles. The highest BCUT2D eigenvalue weighted by Gasteiger charge is 2.34. The minimum atomic E-state index is -0.735. The summed E-state index contributed by atoms with van der Waals surface area (Å²) in [6, 6.07) is 10.1. The van der Waals surface area contributed by atoms with Crippen LogP contribution in [0.4, 0.5) is 0 Å². The average molecular weight is 296 g/mol. The summed E-state index contributed by atoms with van der Waals surface area (Å²) in [5.74, 6) is 0.757. The van der Waals surface area contributed by atoms with Gasteiger partial charge in [-0.15, -0.1) is 0 Å². The molecule has 2 aromatic rings. The molecule has 0 spiro atoms. The van der Waals surface area contributed by atoms with Gasteiger partial charge in [-0.1, -0.05) is 41.6 Å². The largest absolute Gasteiger partial charge is 0.361 e. The Morgan fingerprint density at radius 1 is 1.23 bits per heavy atom. The molecule has 0 radical (unpaired) electrons. The van der Waals surface area contributed by atoms with E-state index in [0.29, 0.717) is 6.42 Å². The number of hydrogen-bond acceptors (Lipinski definition) is 5. The molecule has 0 saturated heterocycles. The fourth-order valence-electron chi connectivity index (χ4n) is 2.85. The van der Waals surface area contributed by atoms with E-state index in [9.17, 15) is 0 Å². The van der Waals surface area contributed by atoms with Crippen molar-refractivity contribution in [3.05, 3.63) is 59.0 Å². The van der Waals surface area contributed by atoms with Gasteiger partial charge < -0.3 is 16.0 Å². The summed E-state index contributed by atoms with van der Waals surface area (Å²) >= 11 is 0. The molecular weight excluding hydrogens is 276 g/mol. The van der Waals surface area contributed by atoms with Crippen LogP contribution in [0.3, 0.4) is 0 Å². The third-order valence-electron chi connectivity index (χ3n) is 4.02. The minimum absolute atomic E-state index is 0.475. The maximum Gasteiger partial charge on any atom is 0.141 e. The second-order valence-electron chi connectivity index (χ2n) is 5.80. The van der Waals surface area contributed by atoms with Gasteiger partial charge in [0.2, 0.25) is 0 Å². The van der Waals surface area contributed by atoms with E-state index in [-0.39, 0.29) is 0 Å². The predicted molar refractivity (Wildman–Crippen MR) is 87.5 cm³/mol. The van der Waals surface area contributed by atoms with Gasteiger partial charge in [-0.2, -0.15) is 0 Å². The third-order valence-corrected chi connectivity index (χ3v) is 4.02. The van der Waals surface area contributed by atoms with Gasteiger partial charge in [0.25, 0.3) is 0 Å². The molecule has 2 atom stereocenters. The van der Waals surface area contributed by atoms with Crippen molar-refractivity contribution in [3.8, 4) is 0 Å². The van der Waals surface area contributed by atoms with E-state index in [4.69, 9.17) is 16.0 Å². The normalized spacial score (nSPS) is 24.4. The highest BCUT2D eigenvalue weighted by atomic mass is 16.5. The van der Waals surface area contributed by atoms with E-state index in [1.54, 1.807) is 6.21 Å². The lowest BCUT2D eigenvalue weighted by Crippen LogP contribution is -2.56. The Bertz CT molecular complexity index is 713. The van der Waals surface area contributed by atoms with Gasteiger partial charge in [0, 0.05) is 17.4 Å². The molecule has 2 unspecified atom stereocenters. The number of aliphatic imine (C=N–C) groups is 1. The molecule has 1 aromatic carbocycles. The van der Waals surface area contributed by atoms with Gasteiger partial charge in [0.1, 0.15) is 11.9 Å². The number of benzene rings is 1. The number of rotatable bonds is 3. The predicted octanol–water partition coefficient (Wildman–Crippen LogP) is 1.98. The number of nitrogens with two attached hydrogens (primary N) is 2. The van der Waals surface area contributed by atoms with E-state index in [1.807, 2.05) is 50.3 Å². The molecule has 0 saturated carbocycles. The van der Waals surface area contributed by atoms with Crippen LogP contribution in [-0.2, 0) is 6.42 Å². The van der Waals surface area contributed by atoms with Crippen molar-refractivity contribution in [2.45, 2.75) is 32.0 Å². The van der Waals surface area contributed by atoms with Crippen molar-refractivity contribution in [1.82, 2.24) is 5.16 Å². The summed E-state index contributed by atoms with van der Waals surface area (Å²) in [5.41, 5.74) is 15.8. The monoisotopic (exact) mass is 296 g/mol. The maximum atomic E-state index is 6.57. The molecule has 114 valence electrons. The Balaban J connectivity index is 1.98. The quantitative estimate of drug-likeness (QED) is 0.906. The maximum absolute atomic E-state index is 6.57. The Labute approximate surface area is 129 Å². The first kappa shape index (κ1) is 14.7. The molecule has 2 heterocycles. The van der Waals surface area contributed by atoms with Crippen LogP contribution in [-0.4, -0.2) is 23.1 Å². The first-order valence-electron chi connectivity index (χ1n) is 7.27. The lowest BCUT2D eigenvalue weighted by molar-refractivity contribution is 0.393. The third kappa shape index (κ3) is 2.61. The SMILES string of the molecule is Cc1noc(C)c1C1=CC(N)(Cc2ccccc2)C(N)N=C1. The summed E-state index contributed by atoms with van der Waals surface area (Å²) in [7, 11) is 0. The van der Waals surface area contributed by atoms with Crippen LogP contribution in [0, 0.1) is 13.8 Å². The second kappa shape index (κ2) is 5.51. The van der Waals surface area contributed by atoms with Crippen molar-refractivity contribution >= 4 is 11.8 Å². The average Bonchev–Trinajstić information content (AvgIpc) is 2.82. The molecular formula is C17H20N4O. The number of nitrogens with zero attached hydrogens (tertiary/aromatic N) is 2. The second-order valence-corrected chi connectivity index (χ2v) is 5.80. The van der Waals surface area contributed by atoms with Gasteiger partial charge in [0.15, 0.2) is 0 Å². The molecule has 0 aliphatic carbocycles. The zero-order valence-electron chi connectivity index (χ0n) is 12.8. The lowest BCUT2D eigenvalue weighted by Gasteiger charge is -2.33. The topological polar surface area (TPSA) is 90.4 Å². The number of hydrogen-bond donors (Lipinski definition) is 2. The van der Waals surface area contributed by atoms with E-state index < -0.39 is 11.7 Å². The molecule has 0 fully saturated rings. The van der Waals surface area contributed by atoms with Crippen molar-refractivity contribution in [3.63, 3.8) is 0 Å². The molecule has 22 heavy (non-hydrogen) atoms. The summed E-state index contributed by atoms with van der Waals surface area (Å²) in [6.07, 6.45) is 3.90. The molecule has 1 aromatic heterocycles. The van der Waals surface area contributed by atoms with Crippen molar-refractivity contribution < 1.29 is 4.52 Å². The first-order valence-corrected chi connectivity index (χ1v) is 7.27. The summed E-state index contributed by atoms with van der Waals surface area (Å²) in [4.78, 5) is 4.39. The first-order chi connectivity index (χ1) is 10.5. The zero-order chi connectivity index (χ0) is 15.7. The van der Waals surface area contributed by atoms with E-state index >= 15 is 0 Å². The molecule has 4 N–H and O–H groups in total. The van der Waals surface area contributed by atoms with E-state index in [0.717, 1.165) is 28.2 Å². The summed E-state index contributed by atoms with van der Waals surface area (Å²) in [6.45, 7) is 3.79. The standard InChI is InChI=1S/C17H20N4O/c1-11-15(12(2)22-21-11)14-9-17(19,16(18)20-10-14)8-13-6-4-3-5-7-13/h3-7,9-10,16H,8,18-19H2,1-2H3. The fraction of sp³-hybridized carbons (Fsp3) is 0.294. The smallest absolute Gasteiger partial charge is 0.141 e. The highest BCUT2D eigenvalue weighted by molar-refractivity contribution is 6.11. The van der Waals surface area contributed by atoms with Gasteiger partial charge in [0.05, 0.1) is 11.2 Å². The Morgan fingerprint density at radius 2 is 1.95 bits per heavy atom. The van der Waals surface area contributed by atoms with Crippen molar-refractivity contribution in [2.75, 3.05) is 0 Å². The van der Waals surface area contributed by atoms with Crippen LogP contribution >= 0.6 is 0 Å². The molecule has 5 nitrogen and oxygen atoms in total. The van der Waals surface area contributed by atoms with Gasteiger partial charge in [-0.25, -0.2) is 0 Å². The fourth-order valence-corrected chi connectivity index (χ4v) is 2.85. The molecule has 1 aliphatic rings. The van der Waals surface area contributed by atoms with Gasteiger partial charge >= 0.3 is 0 Å². The number of aryl methyl sites for hydroxylation is 2. The number of allylic oxidation sites excluding steroid dienone is 1. The van der Waals surface area contributed by atoms with Crippen LogP contribution in [0.25, 0.3) is 5.57 Å². The Kier molecular flexibility index (Phi) is 3.68. The Morgan fingerprint density at radius 3 is 2.59 bits per heavy atom. The summed E-state index contributed by atoms with van der Waals surface area (Å²) in [5, 5.41) is 3.99. The molecule has 0 bridgehead atoms. The number of aromatic nitrogens is 1. The number of dihydropyridines is 1. The molecule has 0 amide bonds. The van der Waals surface area contributed by atoms with Crippen LogP contribution < -0.4 is 11.5 Å².